The predicted octanol–water partition coefficient (Wildman–Crippen LogP) is 2.48. The Bertz CT molecular complexity index is 362. The molecule has 1 heterocycles. The number of halogens is 1. The molecule has 0 amide bonds. The van der Waals surface area contributed by atoms with E-state index in [9.17, 15) is 5.11 Å². The van der Waals surface area contributed by atoms with Crippen LogP contribution in [-0.4, -0.2) is 18.8 Å². The van der Waals surface area contributed by atoms with Crippen LogP contribution in [0.3, 0.4) is 0 Å². The van der Waals surface area contributed by atoms with Crippen LogP contribution in [0, 0.1) is 0 Å². The SMILES string of the molecule is COc1cc(Cl)c(O)c(C2CCCN2)c1. The second kappa shape index (κ2) is 4.29. The number of rotatable bonds is 2. The number of aromatic hydroxyl groups is 1. The molecule has 2 rings (SSSR count). The monoisotopic (exact) mass is 227 g/mol. The summed E-state index contributed by atoms with van der Waals surface area (Å²) >= 11 is 5.92. The molecule has 4 heteroatoms. The largest absolute Gasteiger partial charge is 0.506 e. The first-order chi connectivity index (χ1) is 7.22. The molecular formula is C11H14ClNO2. The smallest absolute Gasteiger partial charge is 0.139 e. The van der Waals surface area contributed by atoms with Crippen LogP contribution < -0.4 is 10.1 Å². The van der Waals surface area contributed by atoms with Gasteiger partial charge in [-0.3, -0.25) is 0 Å². The van der Waals surface area contributed by atoms with Gasteiger partial charge in [0.1, 0.15) is 11.5 Å². The molecule has 2 N–H and O–H groups in total. The molecule has 1 fully saturated rings. The van der Waals surface area contributed by atoms with Crippen LogP contribution in [0.25, 0.3) is 0 Å². The van der Waals surface area contributed by atoms with Gasteiger partial charge in [0, 0.05) is 17.7 Å². The average molecular weight is 228 g/mol. The zero-order valence-corrected chi connectivity index (χ0v) is 9.34. The van der Waals surface area contributed by atoms with Gasteiger partial charge in [0.2, 0.25) is 0 Å². The first kappa shape index (κ1) is 10.6. The van der Waals surface area contributed by atoms with Crippen LogP contribution in [0.5, 0.6) is 11.5 Å². The Morgan fingerprint density at radius 1 is 1.53 bits per heavy atom. The van der Waals surface area contributed by atoms with Crippen molar-refractivity contribution < 1.29 is 9.84 Å². The van der Waals surface area contributed by atoms with Gasteiger partial charge in [-0.1, -0.05) is 11.6 Å². The molecule has 0 spiro atoms. The van der Waals surface area contributed by atoms with Crippen LogP contribution >= 0.6 is 11.6 Å². The molecular weight excluding hydrogens is 214 g/mol. The van der Waals surface area contributed by atoms with E-state index in [4.69, 9.17) is 16.3 Å². The highest BCUT2D eigenvalue weighted by atomic mass is 35.5. The van der Waals surface area contributed by atoms with E-state index in [1.165, 1.54) is 0 Å². The van der Waals surface area contributed by atoms with Crippen LogP contribution in [0.15, 0.2) is 12.1 Å². The molecule has 1 aliphatic heterocycles. The quantitative estimate of drug-likeness (QED) is 0.816. The second-order valence-electron chi connectivity index (χ2n) is 3.70. The molecule has 0 radical (unpaired) electrons. The molecule has 82 valence electrons. The molecule has 0 bridgehead atoms. The molecule has 0 aromatic heterocycles. The molecule has 1 aliphatic rings. The summed E-state index contributed by atoms with van der Waals surface area (Å²) in [5.41, 5.74) is 0.830. The van der Waals surface area contributed by atoms with Crippen LogP contribution in [0.1, 0.15) is 24.4 Å². The van der Waals surface area contributed by atoms with Gasteiger partial charge in [0.25, 0.3) is 0 Å². The van der Waals surface area contributed by atoms with Crippen molar-refractivity contribution in [1.82, 2.24) is 5.32 Å². The minimum Gasteiger partial charge on any atom is -0.506 e. The number of benzene rings is 1. The number of hydrogen-bond acceptors (Lipinski definition) is 3. The summed E-state index contributed by atoms with van der Waals surface area (Å²) in [6, 6.07) is 3.65. The van der Waals surface area contributed by atoms with E-state index in [0.717, 1.165) is 24.9 Å². The van der Waals surface area contributed by atoms with Crippen molar-refractivity contribution >= 4 is 11.6 Å². The first-order valence-corrected chi connectivity index (χ1v) is 5.40. The van der Waals surface area contributed by atoms with E-state index in [-0.39, 0.29) is 11.8 Å². The third-order valence-corrected chi connectivity index (χ3v) is 3.03. The Labute approximate surface area is 94.0 Å². The lowest BCUT2D eigenvalue weighted by Gasteiger charge is -2.14. The molecule has 1 aromatic carbocycles. The molecule has 0 saturated carbocycles. The highest BCUT2D eigenvalue weighted by molar-refractivity contribution is 6.32. The van der Waals surface area contributed by atoms with Gasteiger partial charge < -0.3 is 15.2 Å². The number of phenols is 1. The van der Waals surface area contributed by atoms with Gasteiger partial charge in [0.05, 0.1) is 12.1 Å². The summed E-state index contributed by atoms with van der Waals surface area (Å²) in [7, 11) is 1.59. The Kier molecular flexibility index (Phi) is 3.03. The molecule has 0 aliphatic carbocycles. The molecule has 1 aromatic rings. The van der Waals surface area contributed by atoms with Crippen molar-refractivity contribution in [2.24, 2.45) is 0 Å². The van der Waals surface area contributed by atoms with Gasteiger partial charge in [-0.2, -0.15) is 0 Å². The highest BCUT2D eigenvalue weighted by Gasteiger charge is 2.21. The van der Waals surface area contributed by atoms with Crippen LogP contribution in [0.4, 0.5) is 0 Å². The van der Waals surface area contributed by atoms with E-state index >= 15 is 0 Å². The maximum Gasteiger partial charge on any atom is 0.139 e. The number of hydrogen-bond donors (Lipinski definition) is 2. The fourth-order valence-electron chi connectivity index (χ4n) is 1.93. The topological polar surface area (TPSA) is 41.5 Å². The number of phenolic OH excluding ortho intramolecular Hbond substituents is 1. The third kappa shape index (κ3) is 2.03. The second-order valence-corrected chi connectivity index (χ2v) is 4.10. The highest BCUT2D eigenvalue weighted by Crippen LogP contribution is 2.38. The zero-order valence-electron chi connectivity index (χ0n) is 8.59. The summed E-state index contributed by atoms with van der Waals surface area (Å²) in [6.45, 7) is 0.985. The summed E-state index contributed by atoms with van der Waals surface area (Å²) in [5.74, 6) is 0.846. The molecule has 3 nitrogen and oxygen atoms in total. The summed E-state index contributed by atoms with van der Waals surface area (Å²) in [4.78, 5) is 0. The standard InChI is InChI=1S/C11H14ClNO2/c1-15-7-5-8(10-3-2-4-13-10)11(14)9(12)6-7/h5-6,10,13-14H,2-4H2,1H3. The zero-order chi connectivity index (χ0) is 10.8. The van der Waals surface area contributed by atoms with Crippen LogP contribution in [-0.2, 0) is 0 Å². The third-order valence-electron chi connectivity index (χ3n) is 2.74. The van der Waals surface area contributed by atoms with Crippen molar-refractivity contribution in [3.63, 3.8) is 0 Å². The van der Waals surface area contributed by atoms with E-state index in [1.807, 2.05) is 6.07 Å². The number of ether oxygens (including phenoxy) is 1. The van der Waals surface area contributed by atoms with Gasteiger partial charge in [-0.25, -0.2) is 0 Å². The minimum absolute atomic E-state index is 0.164. The summed E-state index contributed by atoms with van der Waals surface area (Å²) in [5, 5.41) is 13.5. The first-order valence-electron chi connectivity index (χ1n) is 5.02. The Morgan fingerprint density at radius 3 is 2.93 bits per heavy atom. The van der Waals surface area contributed by atoms with E-state index < -0.39 is 0 Å². The maximum atomic E-state index is 9.85. The molecule has 1 atom stereocenters. The Hall–Kier alpha value is -0.930. The van der Waals surface area contributed by atoms with E-state index in [0.29, 0.717) is 10.8 Å². The normalized spacial score (nSPS) is 20.5. The van der Waals surface area contributed by atoms with Gasteiger partial charge >= 0.3 is 0 Å². The number of methoxy groups -OCH3 is 1. The minimum atomic E-state index is 0.164. The summed E-state index contributed by atoms with van der Waals surface area (Å²) < 4.78 is 5.13. The van der Waals surface area contributed by atoms with Crippen molar-refractivity contribution in [3.8, 4) is 11.5 Å². The van der Waals surface area contributed by atoms with Gasteiger partial charge in [-0.05, 0) is 25.5 Å². The predicted molar refractivity (Wildman–Crippen MR) is 59.6 cm³/mol. The van der Waals surface area contributed by atoms with Crippen LogP contribution in [0.2, 0.25) is 5.02 Å². The van der Waals surface area contributed by atoms with Gasteiger partial charge in [0.15, 0.2) is 0 Å². The molecule has 1 unspecified atom stereocenters. The van der Waals surface area contributed by atoms with Crippen molar-refractivity contribution in [3.05, 3.63) is 22.7 Å². The average Bonchev–Trinajstić information content (AvgIpc) is 2.75. The lowest BCUT2D eigenvalue weighted by Crippen LogP contribution is -2.13. The fraction of sp³-hybridized carbons (Fsp3) is 0.455. The molecule has 15 heavy (non-hydrogen) atoms. The molecule has 1 saturated heterocycles. The lowest BCUT2D eigenvalue weighted by molar-refractivity contribution is 0.408. The van der Waals surface area contributed by atoms with Gasteiger partial charge in [-0.15, -0.1) is 0 Å². The lowest BCUT2D eigenvalue weighted by atomic mass is 10.0. The summed E-state index contributed by atoms with van der Waals surface area (Å²) in [6.07, 6.45) is 2.15. The van der Waals surface area contributed by atoms with E-state index in [2.05, 4.69) is 5.32 Å². The number of nitrogens with one attached hydrogen (secondary N) is 1. The Morgan fingerprint density at radius 2 is 2.33 bits per heavy atom. The van der Waals surface area contributed by atoms with Crippen molar-refractivity contribution in [1.29, 1.82) is 0 Å². The fourth-order valence-corrected chi connectivity index (χ4v) is 2.14. The van der Waals surface area contributed by atoms with Crippen molar-refractivity contribution in [2.75, 3.05) is 13.7 Å². The maximum absolute atomic E-state index is 9.85. The van der Waals surface area contributed by atoms with E-state index in [1.54, 1.807) is 13.2 Å². The Balaban J connectivity index is 2.39. The van der Waals surface area contributed by atoms with Crippen molar-refractivity contribution in [2.45, 2.75) is 18.9 Å².